The predicted molar refractivity (Wildman–Crippen MR) is 104 cm³/mol. The molecule has 0 aromatic heterocycles. The minimum absolute atomic E-state index is 0.0200. The number of fused-ring (bicyclic) bond motifs is 7. The zero-order chi connectivity index (χ0) is 18.4. The maximum Gasteiger partial charge on any atom is 0.160 e. The van der Waals surface area contributed by atoms with Crippen LogP contribution in [0.3, 0.4) is 0 Å². The van der Waals surface area contributed by atoms with Crippen molar-refractivity contribution in [3.63, 3.8) is 0 Å². The van der Waals surface area contributed by atoms with Gasteiger partial charge in [0.2, 0.25) is 0 Å². The van der Waals surface area contributed by atoms with E-state index in [4.69, 9.17) is 14.2 Å². The van der Waals surface area contributed by atoms with E-state index in [2.05, 4.69) is 32.9 Å². The van der Waals surface area contributed by atoms with Gasteiger partial charge in [-0.25, -0.2) is 0 Å². The lowest BCUT2D eigenvalue weighted by Crippen LogP contribution is -2.48. The molecule has 0 aromatic rings. The van der Waals surface area contributed by atoms with E-state index in [9.17, 15) is 0 Å². The molecule has 0 spiro atoms. The van der Waals surface area contributed by atoms with Crippen molar-refractivity contribution in [2.45, 2.75) is 77.8 Å². The van der Waals surface area contributed by atoms with Crippen LogP contribution in [0.5, 0.6) is 0 Å². The molecule has 2 saturated heterocycles. The summed E-state index contributed by atoms with van der Waals surface area (Å²) in [5, 5.41) is 0. The molecule has 2 aliphatic heterocycles. The highest BCUT2D eigenvalue weighted by atomic mass is 16.7. The fourth-order valence-electron chi connectivity index (χ4n) is 8.17. The molecular formula is C24H34O3. The Morgan fingerprint density at radius 2 is 1.81 bits per heavy atom. The maximum atomic E-state index is 6.16. The number of ether oxygens (including phenoxy) is 3. The monoisotopic (exact) mass is 370 g/mol. The summed E-state index contributed by atoms with van der Waals surface area (Å²) < 4.78 is 18.0. The largest absolute Gasteiger partial charge is 0.369 e. The second-order valence-electron chi connectivity index (χ2n) is 10.6. The third-order valence-electron chi connectivity index (χ3n) is 9.66. The van der Waals surface area contributed by atoms with E-state index in [-0.39, 0.29) is 11.7 Å². The molecule has 3 heteroatoms. The topological polar surface area (TPSA) is 31.0 Å². The summed E-state index contributed by atoms with van der Waals surface area (Å²) in [5.41, 5.74) is 4.11. The summed E-state index contributed by atoms with van der Waals surface area (Å²) in [6.07, 6.45) is 13.9. The average Bonchev–Trinajstić information content (AvgIpc) is 3.11. The molecule has 0 bridgehead atoms. The van der Waals surface area contributed by atoms with Crippen LogP contribution < -0.4 is 0 Å². The Morgan fingerprint density at radius 1 is 1.00 bits per heavy atom. The predicted octanol–water partition coefficient (Wildman–Crippen LogP) is 4.87. The summed E-state index contributed by atoms with van der Waals surface area (Å²) in [5.74, 6) is 2.65. The molecule has 3 nitrogen and oxygen atoms in total. The highest BCUT2D eigenvalue weighted by molar-refractivity contribution is 5.41. The molecule has 0 radical (unpaired) electrons. The van der Waals surface area contributed by atoms with E-state index in [1.165, 1.54) is 38.5 Å². The molecule has 8 atom stereocenters. The highest BCUT2D eigenvalue weighted by Gasteiger charge is 2.64. The first-order valence-corrected chi connectivity index (χ1v) is 11.3. The van der Waals surface area contributed by atoms with Gasteiger partial charge in [-0.15, -0.1) is 0 Å². The van der Waals surface area contributed by atoms with Gasteiger partial charge in [-0.1, -0.05) is 44.1 Å². The fraction of sp³-hybridized carbons (Fsp3) is 0.833. The number of allylic oxidation sites excluding steroid dienone is 3. The summed E-state index contributed by atoms with van der Waals surface area (Å²) in [7, 11) is 0. The Kier molecular flexibility index (Phi) is 3.64. The normalized spacial score (nSPS) is 52.2. The maximum absolute atomic E-state index is 6.16. The summed E-state index contributed by atoms with van der Waals surface area (Å²) >= 11 is 0. The molecule has 2 heterocycles. The second kappa shape index (κ2) is 5.70. The zero-order valence-electron chi connectivity index (χ0n) is 17.1. The van der Waals surface area contributed by atoms with Crippen molar-refractivity contribution in [1.82, 2.24) is 0 Å². The third kappa shape index (κ3) is 2.20. The molecule has 4 aliphatic carbocycles. The molecule has 5 fully saturated rings. The van der Waals surface area contributed by atoms with E-state index in [0.29, 0.717) is 35.4 Å². The van der Waals surface area contributed by atoms with Crippen LogP contribution in [0.25, 0.3) is 0 Å². The van der Waals surface area contributed by atoms with Gasteiger partial charge >= 0.3 is 0 Å². The Hall–Kier alpha value is -0.640. The van der Waals surface area contributed by atoms with Crippen LogP contribution in [0.2, 0.25) is 0 Å². The molecule has 3 saturated carbocycles. The van der Waals surface area contributed by atoms with Gasteiger partial charge in [0.05, 0.1) is 25.4 Å². The van der Waals surface area contributed by atoms with Crippen molar-refractivity contribution in [3.8, 4) is 0 Å². The van der Waals surface area contributed by atoms with Crippen LogP contribution in [-0.4, -0.2) is 31.7 Å². The Bertz CT molecular complexity index is 704. The summed E-state index contributed by atoms with van der Waals surface area (Å²) in [6, 6.07) is 0. The van der Waals surface area contributed by atoms with Crippen LogP contribution in [0.15, 0.2) is 23.3 Å². The van der Waals surface area contributed by atoms with Gasteiger partial charge < -0.3 is 14.2 Å². The molecule has 0 aromatic carbocycles. The number of epoxide rings is 1. The van der Waals surface area contributed by atoms with Crippen LogP contribution in [-0.2, 0) is 14.2 Å². The molecule has 6 aliphatic rings. The lowest BCUT2D eigenvalue weighted by molar-refractivity contribution is -0.111. The molecule has 27 heavy (non-hydrogen) atoms. The average molecular weight is 371 g/mol. The van der Waals surface area contributed by atoms with Gasteiger partial charge in [0.15, 0.2) is 6.29 Å². The van der Waals surface area contributed by atoms with Crippen molar-refractivity contribution in [2.75, 3.05) is 13.2 Å². The highest BCUT2D eigenvalue weighted by Crippen LogP contribution is 2.68. The van der Waals surface area contributed by atoms with E-state index >= 15 is 0 Å². The van der Waals surface area contributed by atoms with Crippen molar-refractivity contribution in [2.24, 2.45) is 34.5 Å². The first-order valence-electron chi connectivity index (χ1n) is 11.3. The minimum Gasteiger partial charge on any atom is -0.369 e. The zero-order valence-corrected chi connectivity index (χ0v) is 17.1. The molecule has 6 rings (SSSR count). The van der Waals surface area contributed by atoms with Gasteiger partial charge in [0.1, 0.15) is 0 Å². The molecule has 3 unspecified atom stereocenters. The summed E-state index contributed by atoms with van der Waals surface area (Å²) in [6.45, 7) is 9.01. The van der Waals surface area contributed by atoms with E-state index in [1.54, 1.807) is 11.1 Å². The molecule has 148 valence electrons. The lowest BCUT2D eigenvalue weighted by Gasteiger charge is -2.54. The Labute approximate surface area is 163 Å². The van der Waals surface area contributed by atoms with Gasteiger partial charge in [0.25, 0.3) is 0 Å². The van der Waals surface area contributed by atoms with Gasteiger partial charge in [0, 0.05) is 11.3 Å². The van der Waals surface area contributed by atoms with Gasteiger partial charge in [-0.2, -0.15) is 0 Å². The Morgan fingerprint density at radius 3 is 2.63 bits per heavy atom. The first kappa shape index (κ1) is 17.2. The quantitative estimate of drug-likeness (QED) is 0.650. The van der Waals surface area contributed by atoms with Crippen LogP contribution in [0.1, 0.15) is 59.3 Å². The Balaban J connectivity index is 1.32. The van der Waals surface area contributed by atoms with Crippen molar-refractivity contribution >= 4 is 0 Å². The second-order valence-corrected chi connectivity index (χ2v) is 10.6. The summed E-state index contributed by atoms with van der Waals surface area (Å²) in [4.78, 5) is 0. The third-order valence-corrected chi connectivity index (χ3v) is 9.66. The minimum atomic E-state index is 0.0200. The number of hydrogen-bond acceptors (Lipinski definition) is 3. The van der Waals surface area contributed by atoms with Crippen LogP contribution in [0, 0.1) is 34.5 Å². The van der Waals surface area contributed by atoms with E-state index in [1.807, 2.05) is 0 Å². The van der Waals surface area contributed by atoms with Gasteiger partial charge in [-0.05, 0) is 61.7 Å². The molecule has 0 amide bonds. The molecular weight excluding hydrogens is 336 g/mol. The lowest BCUT2D eigenvalue weighted by atomic mass is 9.50. The number of rotatable bonds is 2. The van der Waals surface area contributed by atoms with E-state index < -0.39 is 0 Å². The standard InChI is InChI=1S/C24H34O3/c1-14(22-25-12-13-26-22)17-7-8-18-16-6-4-15-5-9-20-21(27-20)24(15,3)19(16)10-11-23(17,18)2/h4,6,14,17-22H,5,7-13H2,1-3H3/t14?,17-,18+,19+,20?,21?,23-,24+/m1/s1. The SMILES string of the molecule is CC(C1OCCO1)[C@H]1CC[C@H]2C3=CC=C4CCC5OC5[C@]4(C)[C@H]3CC[C@]12C. The van der Waals surface area contributed by atoms with Crippen LogP contribution >= 0.6 is 0 Å². The first-order chi connectivity index (χ1) is 13.0. The van der Waals surface area contributed by atoms with E-state index in [0.717, 1.165) is 19.1 Å². The molecule has 0 N–H and O–H groups in total. The van der Waals surface area contributed by atoms with Gasteiger partial charge in [-0.3, -0.25) is 0 Å². The van der Waals surface area contributed by atoms with Crippen molar-refractivity contribution < 1.29 is 14.2 Å². The smallest absolute Gasteiger partial charge is 0.160 e. The van der Waals surface area contributed by atoms with Crippen molar-refractivity contribution in [1.29, 1.82) is 0 Å². The van der Waals surface area contributed by atoms with Crippen molar-refractivity contribution in [3.05, 3.63) is 23.3 Å². The van der Waals surface area contributed by atoms with Crippen LogP contribution in [0.4, 0.5) is 0 Å². The fourth-order valence-corrected chi connectivity index (χ4v) is 8.17. The number of hydrogen-bond donors (Lipinski definition) is 0.